The van der Waals surface area contributed by atoms with Crippen molar-refractivity contribution in [3.8, 4) is 5.75 Å². The van der Waals surface area contributed by atoms with Crippen molar-refractivity contribution in [1.82, 2.24) is 0 Å². The molecule has 0 radical (unpaired) electrons. The van der Waals surface area contributed by atoms with Gasteiger partial charge in [0.05, 0.1) is 0 Å². The summed E-state index contributed by atoms with van der Waals surface area (Å²) in [5.41, 5.74) is 3.84. The van der Waals surface area contributed by atoms with E-state index in [1.807, 2.05) is 58.0 Å². The van der Waals surface area contributed by atoms with E-state index in [-0.39, 0.29) is 5.91 Å². The van der Waals surface area contributed by atoms with Crippen LogP contribution in [0.1, 0.15) is 30.0 Å². The lowest BCUT2D eigenvalue weighted by atomic mass is 10.1. The molecular weight excluding hydrogens is 310 g/mol. The lowest BCUT2D eigenvalue weighted by Gasteiger charge is -2.19. The average molecular weight is 332 g/mol. The first-order valence-electron chi connectivity index (χ1n) is 7.71. The number of hydrogen-bond donors (Lipinski definition) is 1. The highest BCUT2D eigenvalue weighted by Gasteiger charge is 2.19. The van der Waals surface area contributed by atoms with Gasteiger partial charge < -0.3 is 10.1 Å². The van der Waals surface area contributed by atoms with Gasteiger partial charge in [0.2, 0.25) is 0 Å². The van der Waals surface area contributed by atoms with Gasteiger partial charge in [-0.3, -0.25) is 4.79 Å². The average Bonchev–Trinajstić information content (AvgIpc) is 2.50. The predicted molar refractivity (Wildman–Crippen MR) is 95.4 cm³/mol. The summed E-state index contributed by atoms with van der Waals surface area (Å²) in [6, 6.07) is 11.4. The molecule has 0 heterocycles. The van der Waals surface area contributed by atoms with Gasteiger partial charge in [0, 0.05) is 10.7 Å². The monoisotopic (exact) mass is 331 g/mol. The van der Waals surface area contributed by atoms with Crippen LogP contribution in [0, 0.1) is 20.8 Å². The fraction of sp³-hybridized carbons (Fsp3) is 0.316. The van der Waals surface area contributed by atoms with Crippen LogP contribution in [-0.4, -0.2) is 12.0 Å². The van der Waals surface area contributed by atoms with Crippen LogP contribution in [0.4, 0.5) is 5.69 Å². The van der Waals surface area contributed by atoms with E-state index in [4.69, 9.17) is 16.3 Å². The summed E-state index contributed by atoms with van der Waals surface area (Å²) in [4.78, 5) is 12.4. The van der Waals surface area contributed by atoms with Gasteiger partial charge in [-0.1, -0.05) is 42.3 Å². The van der Waals surface area contributed by atoms with Crippen LogP contribution >= 0.6 is 11.6 Å². The number of ether oxygens (including phenoxy) is 1. The van der Waals surface area contributed by atoms with Gasteiger partial charge in [-0.2, -0.15) is 0 Å². The molecule has 0 aliphatic rings. The second-order valence-corrected chi connectivity index (χ2v) is 6.14. The van der Waals surface area contributed by atoms with Gasteiger partial charge >= 0.3 is 0 Å². The zero-order chi connectivity index (χ0) is 17.0. The first-order chi connectivity index (χ1) is 10.9. The number of anilines is 1. The predicted octanol–water partition coefficient (Wildman–Crippen LogP) is 5.06. The summed E-state index contributed by atoms with van der Waals surface area (Å²) in [5, 5.41) is 3.49. The molecule has 4 heteroatoms. The van der Waals surface area contributed by atoms with E-state index < -0.39 is 6.10 Å². The van der Waals surface area contributed by atoms with Gasteiger partial charge in [-0.05, 0) is 56.5 Å². The van der Waals surface area contributed by atoms with Gasteiger partial charge in [-0.25, -0.2) is 0 Å². The standard InChI is InChI=1S/C19H22ClNO2/c1-5-17(23-18-9-6-12(2)10-14(18)4)19(22)21-15-8-7-13(3)16(20)11-15/h6-11,17H,5H2,1-4H3,(H,21,22). The molecule has 1 unspecified atom stereocenters. The van der Waals surface area contributed by atoms with E-state index in [1.165, 1.54) is 5.56 Å². The van der Waals surface area contributed by atoms with Crippen molar-refractivity contribution in [3.05, 3.63) is 58.1 Å². The Kier molecular flexibility index (Phi) is 5.67. The molecule has 1 atom stereocenters. The number of carbonyl (C=O) groups is 1. The summed E-state index contributed by atoms with van der Waals surface area (Å²) in [7, 11) is 0. The van der Waals surface area contributed by atoms with Crippen LogP contribution in [0.3, 0.4) is 0 Å². The molecule has 0 saturated carbocycles. The SMILES string of the molecule is CCC(Oc1ccc(C)cc1C)C(=O)Nc1ccc(C)c(Cl)c1. The van der Waals surface area contributed by atoms with Crippen molar-refractivity contribution in [2.24, 2.45) is 0 Å². The minimum Gasteiger partial charge on any atom is -0.480 e. The molecule has 2 aromatic carbocycles. The summed E-state index contributed by atoms with van der Waals surface area (Å²) in [5.74, 6) is 0.562. The zero-order valence-electron chi connectivity index (χ0n) is 13.9. The van der Waals surface area contributed by atoms with Gasteiger partial charge in [0.25, 0.3) is 5.91 Å². The van der Waals surface area contributed by atoms with E-state index in [9.17, 15) is 4.79 Å². The maximum absolute atomic E-state index is 12.4. The Morgan fingerprint density at radius 3 is 2.48 bits per heavy atom. The number of amides is 1. The molecule has 1 amide bonds. The van der Waals surface area contributed by atoms with E-state index in [0.717, 1.165) is 16.9 Å². The third-order valence-corrected chi connectivity index (χ3v) is 4.11. The van der Waals surface area contributed by atoms with Crippen LogP contribution in [0.25, 0.3) is 0 Å². The zero-order valence-corrected chi connectivity index (χ0v) is 14.7. The van der Waals surface area contributed by atoms with E-state index in [0.29, 0.717) is 17.1 Å². The Hall–Kier alpha value is -2.00. The lowest BCUT2D eigenvalue weighted by Crippen LogP contribution is -2.32. The molecule has 2 aromatic rings. The molecule has 3 nitrogen and oxygen atoms in total. The van der Waals surface area contributed by atoms with Crippen LogP contribution < -0.4 is 10.1 Å². The highest BCUT2D eigenvalue weighted by molar-refractivity contribution is 6.31. The van der Waals surface area contributed by atoms with Crippen molar-refractivity contribution in [2.75, 3.05) is 5.32 Å². The first-order valence-corrected chi connectivity index (χ1v) is 8.09. The fourth-order valence-corrected chi connectivity index (χ4v) is 2.48. The topological polar surface area (TPSA) is 38.3 Å². The number of aryl methyl sites for hydroxylation is 3. The number of hydrogen-bond acceptors (Lipinski definition) is 2. The number of halogens is 1. The molecule has 0 aliphatic carbocycles. The Balaban J connectivity index is 2.10. The minimum atomic E-state index is -0.545. The molecular formula is C19H22ClNO2. The number of carbonyl (C=O) groups excluding carboxylic acids is 1. The Bertz CT molecular complexity index is 713. The third kappa shape index (κ3) is 4.49. The maximum Gasteiger partial charge on any atom is 0.265 e. The van der Waals surface area contributed by atoms with Crippen LogP contribution in [0.15, 0.2) is 36.4 Å². The molecule has 23 heavy (non-hydrogen) atoms. The van der Waals surface area contributed by atoms with Crippen molar-refractivity contribution < 1.29 is 9.53 Å². The maximum atomic E-state index is 12.4. The van der Waals surface area contributed by atoms with E-state index in [2.05, 4.69) is 5.32 Å². The fourth-order valence-electron chi connectivity index (χ4n) is 2.30. The molecule has 2 rings (SSSR count). The van der Waals surface area contributed by atoms with Gasteiger partial charge in [-0.15, -0.1) is 0 Å². The molecule has 0 bridgehead atoms. The first kappa shape index (κ1) is 17.4. The smallest absolute Gasteiger partial charge is 0.265 e. The molecule has 122 valence electrons. The number of benzene rings is 2. The molecule has 0 aromatic heterocycles. The van der Waals surface area contributed by atoms with Gasteiger partial charge in [0.15, 0.2) is 6.10 Å². The number of nitrogens with one attached hydrogen (secondary N) is 1. The second-order valence-electron chi connectivity index (χ2n) is 5.74. The van der Waals surface area contributed by atoms with Crippen LogP contribution in [0.2, 0.25) is 5.02 Å². The Labute approximate surface area is 142 Å². The highest BCUT2D eigenvalue weighted by atomic mass is 35.5. The van der Waals surface area contributed by atoms with Gasteiger partial charge in [0.1, 0.15) is 5.75 Å². The normalized spacial score (nSPS) is 11.9. The quantitative estimate of drug-likeness (QED) is 0.831. The second kappa shape index (κ2) is 7.51. The van der Waals surface area contributed by atoms with Crippen LogP contribution in [-0.2, 0) is 4.79 Å². The molecule has 0 saturated heterocycles. The Morgan fingerprint density at radius 2 is 1.87 bits per heavy atom. The Morgan fingerprint density at radius 1 is 1.13 bits per heavy atom. The van der Waals surface area contributed by atoms with E-state index in [1.54, 1.807) is 6.07 Å². The summed E-state index contributed by atoms with van der Waals surface area (Å²) in [6.07, 6.45) is 0.0372. The van der Waals surface area contributed by atoms with Crippen molar-refractivity contribution in [3.63, 3.8) is 0 Å². The minimum absolute atomic E-state index is 0.174. The molecule has 0 aliphatic heterocycles. The summed E-state index contributed by atoms with van der Waals surface area (Å²) >= 11 is 6.09. The summed E-state index contributed by atoms with van der Waals surface area (Å²) in [6.45, 7) is 7.86. The number of rotatable bonds is 5. The molecule has 0 spiro atoms. The van der Waals surface area contributed by atoms with E-state index >= 15 is 0 Å². The van der Waals surface area contributed by atoms with Crippen molar-refractivity contribution >= 4 is 23.2 Å². The molecule has 0 fully saturated rings. The van der Waals surface area contributed by atoms with Crippen molar-refractivity contribution in [2.45, 2.75) is 40.2 Å². The third-order valence-electron chi connectivity index (χ3n) is 3.70. The van der Waals surface area contributed by atoms with Crippen LogP contribution in [0.5, 0.6) is 5.75 Å². The largest absolute Gasteiger partial charge is 0.480 e. The van der Waals surface area contributed by atoms with Crippen molar-refractivity contribution in [1.29, 1.82) is 0 Å². The lowest BCUT2D eigenvalue weighted by molar-refractivity contribution is -0.122. The molecule has 1 N–H and O–H groups in total. The highest BCUT2D eigenvalue weighted by Crippen LogP contribution is 2.23. The summed E-state index contributed by atoms with van der Waals surface area (Å²) < 4.78 is 5.89.